The van der Waals surface area contributed by atoms with Crippen molar-refractivity contribution in [3.8, 4) is 0 Å². The van der Waals surface area contributed by atoms with Gasteiger partial charge in [-0.3, -0.25) is 4.79 Å². The first-order valence-corrected chi connectivity index (χ1v) is 7.41. The average molecular weight is 275 g/mol. The summed E-state index contributed by atoms with van der Waals surface area (Å²) in [5.74, 6) is 6.42. The number of rotatable bonds is 2. The molecule has 0 unspecified atom stereocenters. The minimum atomic E-state index is 0.0117. The van der Waals surface area contributed by atoms with E-state index in [4.69, 9.17) is 5.84 Å². The number of likely N-dealkylation sites (tertiary alicyclic amines) is 1. The van der Waals surface area contributed by atoms with Crippen molar-refractivity contribution in [2.24, 2.45) is 11.8 Å². The van der Waals surface area contributed by atoms with Crippen LogP contribution in [-0.2, 0) is 0 Å². The molecule has 2 fully saturated rings. The molecule has 1 aromatic heterocycles. The molecule has 108 valence electrons. The Hall–Kier alpha value is -1.69. The first kappa shape index (κ1) is 13.3. The highest BCUT2D eigenvalue weighted by Crippen LogP contribution is 2.35. The molecule has 1 saturated carbocycles. The molecule has 3 N–H and O–H groups in total. The summed E-state index contributed by atoms with van der Waals surface area (Å²) in [7, 11) is 0. The average Bonchev–Trinajstić information content (AvgIpc) is 2.54. The maximum absolute atomic E-state index is 12.6. The molecule has 2 atom stereocenters. The Balaban J connectivity index is 1.77. The van der Waals surface area contributed by atoms with Crippen LogP contribution in [0.15, 0.2) is 12.1 Å². The van der Waals surface area contributed by atoms with E-state index in [1.165, 1.54) is 25.7 Å². The number of carbonyl (C=O) groups excluding carboxylic acids is 1. The fourth-order valence-electron chi connectivity index (χ4n) is 3.55. The highest BCUT2D eigenvalue weighted by atomic mass is 16.2. The van der Waals surface area contributed by atoms with Crippen LogP contribution in [0.4, 0.5) is 5.82 Å². The fourth-order valence-corrected chi connectivity index (χ4v) is 3.55. The maximum atomic E-state index is 12.6. The molecule has 3 rings (SSSR count). The zero-order valence-corrected chi connectivity index (χ0v) is 11.6. The summed E-state index contributed by atoms with van der Waals surface area (Å²) in [5, 5.41) is 7.86. The van der Waals surface area contributed by atoms with E-state index in [2.05, 4.69) is 15.6 Å². The Morgan fingerprint density at radius 1 is 1.20 bits per heavy atom. The molecule has 2 heterocycles. The number of fused-ring (bicyclic) bond motifs is 1. The van der Waals surface area contributed by atoms with Gasteiger partial charge in [-0.2, -0.15) is 0 Å². The van der Waals surface area contributed by atoms with Gasteiger partial charge in [-0.25, -0.2) is 5.84 Å². The van der Waals surface area contributed by atoms with Crippen LogP contribution in [0.1, 0.15) is 49.0 Å². The summed E-state index contributed by atoms with van der Waals surface area (Å²) in [6.45, 7) is 0.846. The Morgan fingerprint density at radius 3 is 2.75 bits per heavy atom. The van der Waals surface area contributed by atoms with E-state index in [0.29, 0.717) is 23.5 Å². The standard InChI is InChI=1S/C14H21N5O/c15-16-13-8-7-11(17-18-13)14(20)19-9-3-5-10-4-1-2-6-12(10)19/h7-8,10,12H,1-6,9,15H2,(H,16,18)/t10-,12-/m1/s1. The van der Waals surface area contributed by atoms with E-state index in [0.717, 1.165) is 19.4 Å². The van der Waals surface area contributed by atoms with Crippen LogP contribution in [0.5, 0.6) is 0 Å². The van der Waals surface area contributed by atoms with E-state index < -0.39 is 0 Å². The van der Waals surface area contributed by atoms with Gasteiger partial charge < -0.3 is 10.3 Å². The van der Waals surface area contributed by atoms with Gasteiger partial charge >= 0.3 is 0 Å². The molecule has 1 aliphatic heterocycles. The number of anilines is 1. The van der Waals surface area contributed by atoms with Gasteiger partial charge in [0.05, 0.1) is 0 Å². The molecule has 0 aromatic carbocycles. The van der Waals surface area contributed by atoms with Gasteiger partial charge in [-0.05, 0) is 43.7 Å². The summed E-state index contributed by atoms with van der Waals surface area (Å²) < 4.78 is 0. The Labute approximate surface area is 118 Å². The normalized spacial score (nSPS) is 25.9. The number of amides is 1. The molecule has 0 radical (unpaired) electrons. The van der Waals surface area contributed by atoms with Crippen LogP contribution < -0.4 is 11.3 Å². The number of aromatic nitrogens is 2. The molecule has 1 aliphatic carbocycles. The van der Waals surface area contributed by atoms with E-state index in [-0.39, 0.29) is 5.91 Å². The first-order valence-electron chi connectivity index (χ1n) is 7.41. The van der Waals surface area contributed by atoms with Crippen molar-refractivity contribution in [2.75, 3.05) is 12.0 Å². The molecule has 2 aliphatic rings. The van der Waals surface area contributed by atoms with Crippen LogP contribution >= 0.6 is 0 Å². The van der Waals surface area contributed by atoms with Crippen molar-refractivity contribution in [3.63, 3.8) is 0 Å². The quantitative estimate of drug-likeness (QED) is 0.632. The number of hydrogen-bond acceptors (Lipinski definition) is 5. The van der Waals surface area contributed by atoms with Crippen molar-refractivity contribution >= 4 is 11.7 Å². The van der Waals surface area contributed by atoms with Crippen molar-refractivity contribution in [3.05, 3.63) is 17.8 Å². The zero-order chi connectivity index (χ0) is 13.9. The molecule has 6 heteroatoms. The van der Waals surface area contributed by atoms with Gasteiger partial charge in [0.2, 0.25) is 0 Å². The minimum Gasteiger partial charge on any atom is -0.334 e. The second-order valence-corrected chi connectivity index (χ2v) is 5.70. The number of hydrazine groups is 1. The van der Waals surface area contributed by atoms with Gasteiger partial charge in [-0.15, -0.1) is 10.2 Å². The summed E-state index contributed by atoms with van der Waals surface area (Å²) in [6, 6.07) is 3.78. The smallest absolute Gasteiger partial charge is 0.274 e. The van der Waals surface area contributed by atoms with Gasteiger partial charge in [-0.1, -0.05) is 12.8 Å². The second-order valence-electron chi connectivity index (χ2n) is 5.70. The third-order valence-electron chi connectivity index (χ3n) is 4.54. The van der Waals surface area contributed by atoms with Gasteiger partial charge in [0.15, 0.2) is 11.5 Å². The van der Waals surface area contributed by atoms with Crippen molar-refractivity contribution in [2.45, 2.75) is 44.6 Å². The SMILES string of the molecule is NNc1ccc(C(=O)N2CCC[C@H]3CCCC[C@H]32)nn1. The lowest BCUT2D eigenvalue weighted by molar-refractivity contribution is 0.0384. The molecule has 0 spiro atoms. The molecule has 0 bridgehead atoms. The summed E-state index contributed by atoms with van der Waals surface area (Å²) in [6.07, 6.45) is 7.29. The zero-order valence-electron chi connectivity index (χ0n) is 11.6. The molecular weight excluding hydrogens is 254 g/mol. The third-order valence-corrected chi connectivity index (χ3v) is 4.54. The topological polar surface area (TPSA) is 84.1 Å². The second kappa shape index (κ2) is 5.75. The molecule has 1 aromatic rings. The lowest BCUT2D eigenvalue weighted by Crippen LogP contribution is -2.49. The molecule has 6 nitrogen and oxygen atoms in total. The fraction of sp³-hybridized carbons (Fsp3) is 0.643. The van der Waals surface area contributed by atoms with Crippen molar-refractivity contribution in [1.29, 1.82) is 0 Å². The van der Waals surface area contributed by atoms with Crippen molar-refractivity contribution in [1.82, 2.24) is 15.1 Å². The number of carbonyl (C=O) groups is 1. The summed E-state index contributed by atoms with van der Waals surface area (Å²) in [4.78, 5) is 14.6. The molecular formula is C14H21N5O. The number of nitrogens with zero attached hydrogens (tertiary/aromatic N) is 3. The highest BCUT2D eigenvalue weighted by molar-refractivity contribution is 5.92. The van der Waals surface area contributed by atoms with Gasteiger partial charge in [0.1, 0.15) is 0 Å². The van der Waals surface area contributed by atoms with E-state index in [1.807, 2.05) is 4.90 Å². The predicted octanol–water partition coefficient (Wildman–Crippen LogP) is 1.56. The first-order chi connectivity index (χ1) is 9.79. The van der Waals surface area contributed by atoms with E-state index in [1.54, 1.807) is 12.1 Å². The predicted molar refractivity (Wildman–Crippen MR) is 75.9 cm³/mol. The van der Waals surface area contributed by atoms with Crippen LogP contribution in [-0.4, -0.2) is 33.6 Å². The third kappa shape index (κ3) is 2.47. The van der Waals surface area contributed by atoms with Gasteiger partial charge in [0, 0.05) is 12.6 Å². The summed E-state index contributed by atoms with van der Waals surface area (Å²) >= 11 is 0. The molecule has 1 saturated heterocycles. The monoisotopic (exact) mass is 275 g/mol. The van der Waals surface area contributed by atoms with E-state index in [9.17, 15) is 4.79 Å². The Morgan fingerprint density at radius 2 is 2.00 bits per heavy atom. The molecule has 1 amide bonds. The van der Waals surface area contributed by atoms with Crippen LogP contribution in [0.25, 0.3) is 0 Å². The van der Waals surface area contributed by atoms with Crippen molar-refractivity contribution < 1.29 is 4.79 Å². The Kier molecular flexibility index (Phi) is 3.82. The highest BCUT2D eigenvalue weighted by Gasteiger charge is 2.36. The molecule has 20 heavy (non-hydrogen) atoms. The van der Waals surface area contributed by atoms with Gasteiger partial charge in [0.25, 0.3) is 5.91 Å². The van der Waals surface area contributed by atoms with E-state index >= 15 is 0 Å². The number of hydrogen-bond donors (Lipinski definition) is 2. The number of nitrogen functional groups attached to an aromatic ring is 1. The lowest BCUT2D eigenvalue weighted by atomic mass is 9.78. The Bertz CT molecular complexity index is 473. The van der Waals surface area contributed by atoms with Crippen LogP contribution in [0.2, 0.25) is 0 Å². The van der Waals surface area contributed by atoms with Crippen LogP contribution in [0, 0.1) is 5.92 Å². The number of nitrogens with two attached hydrogens (primary N) is 1. The number of piperidine rings is 1. The lowest BCUT2D eigenvalue weighted by Gasteiger charge is -2.43. The summed E-state index contributed by atoms with van der Waals surface area (Å²) in [5.41, 5.74) is 2.83. The number of nitrogens with one attached hydrogen (secondary N) is 1. The maximum Gasteiger partial charge on any atom is 0.274 e. The van der Waals surface area contributed by atoms with Crippen LogP contribution in [0.3, 0.4) is 0 Å². The largest absolute Gasteiger partial charge is 0.334 e. The minimum absolute atomic E-state index is 0.0117.